The van der Waals surface area contributed by atoms with E-state index in [9.17, 15) is 0 Å². The Morgan fingerprint density at radius 3 is 2.67 bits per heavy atom. The summed E-state index contributed by atoms with van der Waals surface area (Å²) in [5, 5.41) is 7.76. The van der Waals surface area contributed by atoms with Crippen molar-refractivity contribution in [3.8, 4) is 0 Å². The first-order chi connectivity index (χ1) is 10.2. The topological polar surface area (TPSA) is 49.3 Å². The molecule has 0 unspecified atom stereocenters. The Kier molecular flexibility index (Phi) is 6.20. The fraction of sp³-hybridized carbons (Fsp3) is 0.333. The molecule has 6 heteroatoms. The Bertz CT molecular complexity index is 592. The highest BCUT2D eigenvalue weighted by atomic mass is 79.9. The van der Waals surface area contributed by atoms with E-state index in [2.05, 4.69) is 55.6 Å². The van der Waals surface area contributed by atoms with Crippen LogP contribution in [0.25, 0.3) is 0 Å². The summed E-state index contributed by atoms with van der Waals surface area (Å²) in [7, 11) is 1.78. The molecule has 2 N–H and O–H groups in total. The fourth-order valence-electron chi connectivity index (χ4n) is 1.81. The van der Waals surface area contributed by atoms with Crippen molar-refractivity contribution in [2.24, 2.45) is 4.99 Å². The summed E-state index contributed by atoms with van der Waals surface area (Å²) < 4.78 is 1.09. The molecule has 0 aliphatic heterocycles. The Hall–Kier alpha value is -1.40. The molecule has 0 radical (unpaired) electrons. The van der Waals surface area contributed by atoms with Crippen molar-refractivity contribution >= 4 is 33.2 Å². The minimum absolute atomic E-state index is 0.753. The maximum absolute atomic E-state index is 4.35. The second kappa shape index (κ2) is 8.14. The van der Waals surface area contributed by atoms with Crippen molar-refractivity contribution in [2.75, 3.05) is 13.6 Å². The van der Waals surface area contributed by atoms with E-state index < -0.39 is 0 Å². The standard InChI is InChI=1S/C15H19BrN4S/c1-11-9-19-14(21-11)7-8-18-15(17-2)20-10-12-3-5-13(16)6-4-12/h3-6,9H,7-8,10H2,1-2H3,(H2,17,18,20). The molecule has 0 atom stereocenters. The summed E-state index contributed by atoms with van der Waals surface area (Å²) in [5.41, 5.74) is 1.22. The first-order valence-electron chi connectivity index (χ1n) is 6.77. The van der Waals surface area contributed by atoms with Gasteiger partial charge in [0.2, 0.25) is 0 Å². The lowest BCUT2D eigenvalue weighted by Crippen LogP contribution is -2.37. The molecular formula is C15H19BrN4S. The van der Waals surface area contributed by atoms with E-state index in [1.165, 1.54) is 10.4 Å². The molecule has 0 fully saturated rings. The summed E-state index contributed by atoms with van der Waals surface area (Å²) in [4.78, 5) is 9.83. The minimum Gasteiger partial charge on any atom is -0.356 e. The first-order valence-corrected chi connectivity index (χ1v) is 8.38. The Balaban J connectivity index is 1.74. The molecule has 1 heterocycles. The Morgan fingerprint density at radius 2 is 2.05 bits per heavy atom. The van der Waals surface area contributed by atoms with E-state index in [1.54, 1.807) is 18.4 Å². The van der Waals surface area contributed by atoms with Gasteiger partial charge < -0.3 is 10.6 Å². The van der Waals surface area contributed by atoms with Crippen molar-refractivity contribution in [3.05, 3.63) is 50.4 Å². The van der Waals surface area contributed by atoms with E-state index in [4.69, 9.17) is 0 Å². The predicted octanol–water partition coefficient (Wildman–Crippen LogP) is 3.12. The highest BCUT2D eigenvalue weighted by Gasteiger charge is 2.01. The van der Waals surface area contributed by atoms with Gasteiger partial charge in [-0.1, -0.05) is 28.1 Å². The molecule has 4 nitrogen and oxygen atoms in total. The van der Waals surface area contributed by atoms with Crippen LogP contribution in [-0.4, -0.2) is 24.5 Å². The number of nitrogens with zero attached hydrogens (tertiary/aromatic N) is 2. The predicted molar refractivity (Wildman–Crippen MR) is 92.9 cm³/mol. The lowest BCUT2D eigenvalue weighted by Gasteiger charge is -2.11. The van der Waals surface area contributed by atoms with Crippen molar-refractivity contribution < 1.29 is 0 Å². The monoisotopic (exact) mass is 366 g/mol. The van der Waals surface area contributed by atoms with Crippen LogP contribution in [0.2, 0.25) is 0 Å². The van der Waals surface area contributed by atoms with E-state index >= 15 is 0 Å². The lowest BCUT2D eigenvalue weighted by atomic mass is 10.2. The average Bonchev–Trinajstić information content (AvgIpc) is 2.90. The van der Waals surface area contributed by atoms with Gasteiger partial charge in [0.25, 0.3) is 0 Å². The summed E-state index contributed by atoms with van der Waals surface area (Å²) in [6.45, 7) is 3.66. The molecule has 0 amide bonds. The largest absolute Gasteiger partial charge is 0.356 e. The second-order valence-corrected chi connectivity index (χ2v) is 6.83. The van der Waals surface area contributed by atoms with Crippen LogP contribution in [0.4, 0.5) is 0 Å². The number of aryl methyl sites for hydroxylation is 1. The highest BCUT2D eigenvalue weighted by molar-refractivity contribution is 9.10. The van der Waals surface area contributed by atoms with Gasteiger partial charge in [0.05, 0.1) is 5.01 Å². The summed E-state index contributed by atoms with van der Waals surface area (Å²) >= 11 is 5.18. The van der Waals surface area contributed by atoms with Gasteiger partial charge in [-0.15, -0.1) is 11.3 Å². The number of halogens is 1. The van der Waals surface area contributed by atoms with Gasteiger partial charge in [0.15, 0.2) is 5.96 Å². The molecule has 2 rings (SSSR count). The third-order valence-corrected chi connectivity index (χ3v) is 4.40. The molecule has 0 saturated heterocycles. The van der Waals surface area contributed by atoms with E-state index in [-0.39, 0.29) is 0 Å². The van der Waals surface area contributed by atoms with Gasteiger partial charge in [0.1, 0.15) is 0 Å². The van der Waals surface area contributed by atoms with Crippen LogP contribution in [0.1, 0.15) is 15.4 Å². The quantitative estimate of drug-likeness (QED) is 0.631. The zero-order chi connectivity index (χ0) is 15.1. The summed E-state index contributed by atoms with van der Waals surface area (Å²) in [5.74, 6) is 0.811. The van der Waals surface area contributed by atoms with Gasteiger partial charge in [-0.2, -0.15) is 0 Å². The van der Waals surface area contributed by atoms with Crippen molar-refractivity contribution in [3.63, 3.8) is 0 Å². The van der Waals surface area contributed by atoms with Crippen LogP contribution in [0.15, 0.2) is 39.9 Å². The lowest BCUT2D eigenvalue weighted by molar-refractivity contribution is 0.792. The number of guanidine groups is 1. The third kappa shape index (κ3) is 5.47. The molecule has 21 heavy (non-hydrogen) atoms. The maximum atomic E-state index is 4.35. The number of thiazole rings is 1. The number of rotatable bonds is 5. The molecule has 0 spiro atoms. The van der Waals surface area contributed by atoms with E-state index in [0.717, 1.165) is 35.0 Å². The third-order valence-electron chi connectivity index (χ3n) is 2.90. The molecule has 0 saturated carbocycles. The number of aliphatic imine (C=N–C) groups is 1. The molecule has 0 bridgehead atoms. The van der Waals surface area contributed by atoms with Crippen LogP contribution in [0.3, 0.4) is 0 Å². The SMILES string of the molecule is CN=C(NCCc1ncc(C)s1)NCc1ccc(Br)cc1. The number of nitrogens with one attached hydrogen (secondary N) is 2. The molecule has 1 aromatic heterocycles. The number of benzene rings is 1. The van der Waals surface area contributed by atoms with Crippen LogP contribution < -0.4 is 10.6 Å². The molecule has 112 valence electrons. The van der Waals surface area contributed by atoms with Crippen LogP contribution in [-0.2, 0) is 13.0 Å². The van der Waals surface area contributed by atoms with E-state index in [0.29, 0.717) is 0 Å². The van der Waals surface area contributed by atoms with Gasteiger partial charge in [0, 0.05) is 42.1 Å². The zero-order valence-corrected chi connectivity index (χ0v) is 14.6. The van der Waals surface area contributed by atoms with Crippen molar-refractivity contribution in [1.82, 2.24) is 15.6 Å². The molecule has 1 aromatic carbocycles. The van der Waals surface area contributed by atoms with Crippen molar-refractivity contribution in [1.29, 1.82) is 0 Å². The second-order valence-electron chi connectivity index (χ2n) is 4.59. The Morgan fingerprint density at radius 1 is 1.29 bits per heavy atom. The van der Waals surface area contributed by atoms with Crippen LogP contribution in [0, 0.1) is 6.92 Å². The summed E-state index contributed by atoms with van der Waals surface area (Å²) in [6, 6.07) is 8.25. The first kappa shape index (κ1) is 16.0. The van der Waals surface area contributed by atoms with Crippen LogP contribution >= 0.6 is 27.3 Å². The van der Waals surface area contributed by atoms with Gasteiger partial charge >= 0.3 is 0 Å². The van der Waals surface area contributed by atoms with E-state index in [1.807, 2.05) is 18.3 Å². The molecule has 0 aliphatic rings. The zero-order valence-electron chi connectivity index (χ0n) is 12.2. The van der Waals surface area contributed by atoms with Crippen molar-refractivity contribution in [2.45, 2.75) is 19.9 Å². The maximum Gasteiger partial charge on any atom is 0.191 e. The number of hydrogen-bond acceptors (Lipinski definition) is 3. The molecule has 2 aromatic rings. The number of hydrogen-bond donors (Lipinski definition) is 2. The van der Waals surface area contributed by atoms with Crippen LogP contribution in [0.5, 0.6) is 0 Å². The van der Waals surface area contributed by atoms with Gasteiger partial charge in [-0.05, 0) is 24.6 Å². The van der Waals surface area contributed by atoms with Gasteiger partial charge in [-0.25, -0.2) is 4.98 Å². The normalized spacial score (nSPS) is 11.5. The highest BCUT2D eigenvalue weighted by Crippen LogP contribution is 2.11. The fourth-order valence-corrected chi connectivity index (χ4v) is 2.86. The average molecular weight is 367 g/mol. The Labute approximate surface area is 137 Å². The van der Waals surface area contributed by atoms with Gasteiger partial charge in [-0.3, -0.25) is 4.99 Å². The molecule has 0 aliphatic carbocycles. The summed E-state index contributed by atoms with van der Waals surface area (Å²) in [6.07, 6.45) is 2.83. The minimum atomic E-state index is 0.753. The smallest absolute Gasteiger partial charge is 0.191 e. The molecular weight excluding hydrogens is 348 g/mol. The number of aromatic nitrogens is 1.